The fourth-order valence-corrected chi connectivity index (χ4v) is 3.23. The summed E-state index contributed by atoms with van der Waals surface area (Å²) in [6.07, 6.45) is 2.56. The van der Waals surface area contributed by atoms with Gasteiger partial charge in [-0.25, -0.2) is 0 Å². The first-order chi connectivity index (χ1) is 10.2. The summed E-state index contributed by atoms with van der Waals surface area (Å²) in [5, 5.41) is 1.01. The van der Waals surface area contributed by atoms with E-state index in [4.69, 9.17) is 0 Å². The SMILES string of the molecule is Cc1ccc(CCC(=O)N2CCCN(CCBr)CC2)cc1. The van der Waals surface area contributed by atoms with Gasteiger partial charge in [0.05, 0.1) is 0 Å². The highest BCUT2D eigenvalue weighted by Crippen LogP contribution is 2.09. The van der Waals surface area contributed by atoms with E-state index in [1.165, 1.54) is 11.1 Å². The molecule has 0 radical (unpaired) electrons. The summed E-state index contributed by atoms with van der Waals surface area (Å²) < 4.78 is 0. The van der Waals surface area contributed by atoms with Crippen LogP contribution < -0.4 is 0 Å². The van der Waals surface area contributed by atoms with Crippen molar-refractivity contribution < 1.29 is 4.79 Å². The van der Waals surface area contributed by atoms with Crippen LogP contribution in [0, 0.1) is 6.92 Å². The number of rotatable bonds is 5. The molecule has 21 heavy (non-hydrogen) atoms. The first-order valence-electron chi connectivity index (χ1n) is 7.80. The van der Waals surface area contributed by atoms with Crippen molar-refractivity contribution in [1.29, 1.82) is 0 Å². The molecule has 1 heterocycles. The van der Waals surface area contributed by atoms with E-state index in [1.807, 2.05) is 4.90 Å². The van der Waals surface area contributed by atoms with Gasteiger partial charge in [-0.05, 0) is 31.9 Å². The average molecular weight is 353 g/mol. The van der Waals surface area contributed by atoms with Crippen LogP contribution in [0.15, 0.2) is 24.3 Å². The molecule has 1 aromatic carbocycles. The Bertz CT molecular complexity index is 447. The van der Waals surface area contributed by atoms with E-state index in [0.717, 1.165) is 50.9 Å². The number of nitrogens with zero attached hydrogens (tertiary/aromatic N) is 2. The lowest BCUT2D eigenvalue weighted by atomic mass is 10.1. The molecule has 0 spiro atoms. The molecule has 1 aromatic rings. The molecular formula is C17H25BrN2O. The van der Waals surface area contributed by atoms with Crippen LogP contribution in [0.4, 0.5) is 0 Å². The minimum absolute atomic E-state index is 0.302. The Kier molecular flexibility index (Phi) is 6.71. The van der Waals surface area contributed by atoms with Gasteiger partial charge in [-0.2, -0.15) is 0 Å². The lowest BCUT2D eigenvalue weighted by Crippen LogP contribution is -2.35. The Balaban J connectivity index is 1.79. The van der Waals surface area contributed by atoms with Gasteiger partial charge in [-0.1, -0.05) is 45.8 Å². The number of alkyl halides is 1. The van der Waals surface area contributed by atoms with E-state index in [9.17, 15) is 4.79 Å². The zero-order valence-corrected chi connectivity index (χ0v) is 14.4. The van der Waals surface area contributed by atoms with Crippen LogP contribution in [0.3, 0.4) is 0 Å². The van der Waals surface area contributed by atoms with Crippen LogP contribution in [0.1, 0.15) is 24.0 Å². The van der Waals surface area contributed by atoms with Crippen molar-refractivity contribution in [3.63, 3.8) is 0 Å². The number of amides is 1. The van der Waals surface area contributed by atoms with E-state index < -0.39 is 0 Å². The molecule has 116 valence electrons. The first-order valence-corrected chi connectivity index (χ1v) is 8.93. The summed E-state index contributed by atoms with van der Waals surface area (Å²) in [5.74, 6) is 0.302. The number of hydrogen-bond acceptors (Lipinski definition) is 2. The molecule has 1 aliphatic rings. The minimum Gasteiger partial charge on any atom is -0.341 e. The Hall–Kier alpha value is -0.870. The highest BCUT2D eigenvalue weighted by Gasteiger charge is 2.18. The predicted molar refractivity (Wildman–Crippen MR) is 90.9 cm³/mol. The average Bonchev–Trinajstić information content (AvgIpc) is 2.72. The maximum Gasteiger partial charge on any atom is 0.222 e. The fourth-order valence-electron chi connectivity index (χ4n) is 2.73. The minimum atomic E-state index is 0.302. The van der Waals surface area contributed by atoms with E-state index in [0.29, 0.717) is 12.3 Å². The summed E-state index contributed by atoms with van der Waals surface area (Å²) in [4.78, 5) is 16.8. The van der Waals surface area contributed by atoms with Crippen LogP contribution in [0.25, 0.3) is 0 Å². The monoisotopic (exact) mass is 352 g/mol. The van der Waals surface area contributed by atoms with Crippen molar-refractivity contribution in [3.8, 4) is 0 Å². The van der Waals surface area contributed by atoms with E-state index in [-0.39, 0.29) is 0 Å². The molecule has 0 saturated carbocycles. The van der Waals surface area contributed by atoms with Crippen LogP contribution in [-0.4, -0.2) is 53.8 Å². The van der Waals surface area contributed by atoms with Crippen molar-refractivity contribution in [2.45, 2.75) is 26.2 Å². The van der Waals surface area contributed by atoms with Crippen molar-refractivity contribution in [2.75, 3.05) is 38.1 Å². The quantitative estimate of drug-likeness (QED) is 0.760. The van der Waals surface area contributed by atoms with Gasteiger partial charge in [0, 0.05) is 37.9 Å². The largest absolute Gasteiger partial charge is 0.341 e. The van der Waals surface area contributed by atoms with Gasteiger partial charge < -0.3 is 9.80 Å². The second-order valence-electron chi connectivity index (χ2n) is 5.75. The smallest absolute Gasteiger partial charge is 0.222 e. The van der Waals surface area contributed by atoms with Crippen molar-refractivity contribution in [3.05, 3.63) is 35.4 Å². The van der Waals surface area contributed by atoms with Crippen LogP contribution in [-0.2, 0) is 11.2 Å². The molecule has 4 heteroatoms. The number of hydrogen-bond donors (Lipinski definition) is 0. The van der Waals surface area contributed by atoms with Gasteiger partial charge >= 0.3 is 0 Å². The number of halogens is 1. The van der Waals surface area contributed by atoms with Crippen LogP contribution in [0.2, 0.25) is 0 Å². The Labute approximate surface area is 136 Å². The number of aryl methyl sites for hydroxylation is 2. The van der Waals surface area contributed by atoms with Gasteiger partial charge in [0.2, 0.25) is 5.91 Å². The number of benzene rings is 1. The summed E-state index contributed by atoms with van der Waals surface area (Å²) in [5.41, 5.74) is 2.52. The number of carbonyl (C=O) groups is 1. The zero-order chi connectivity index (χ0) is 15.1. The second-order valence-corrected chi connectivity index (χ2v) is 6.54. The zero-order valence-electron chi connectivity index (χ0n) is 12.9. The normalized spacial score (nSPS) is 16.8. The molecule has 2 rings (SSSR count). The van der Waals surface area contributed by atoms with E-state index in [1.54, 1.807) is 0 Å². The van der Waals surface area contributed by atoms with Gasteiger partial charge in [-0.15, -0.1) is 0 Å². The number of carbonyl (C=O) groups excluding carboxylic acids is 1. The Morgan fingerprint density at radius 1 is 1.14 bits per heavy atom. The standard InChI is InChI=1S/C17H25BrN2O/c1-15-3-5-16(6-4-15)7-8-17(21)20-11-2-10-19(12-9-18)13-14-20/h3-6H,2,7-14H2,1H3. The Morgan fingerprint density at radius 3 is 2.62 bits per heavy atom. The molecule has 0 unspecified atom stereocenters. The second kappa shape index (κ2) is 8.54. The fraction of sp³-hybridized carbons (Fsp3) is 0.588. The summed E-state index contributed by atoms with van der Waals surface area (Å²) in [7, 11) is 0. The molecule has 1 saturated heterocycles. The highest BCUT2D eigenvalue weighted by atomic mass is 79.9. The summed E-state index contributed by atoms with van der Waals surface area (Å²) in [6.45, 7) is 7.05. The lowest BCUT2D eigenvalue weighted by molar-refractivity contribution is -0.131. The van der Waals surface area contributed by atoms with Gasteiger partial charge in [0.25, 0.3) is 0 Å². The van der Waals surface area contributed by atoms with Gasteiger partial charge in [0.15, 0.2) is 0 Å². The topological polar surface area (TPSA) is 23.6 Å². The first kappa shape index (κ1) is 16.5. The molecular weight excluding hydrogens is 328 g/mol. The van der Waals surface area contributed by atoms with Gasteiger partial charge in [-0.3, -0.25) is 4.79 Å². The van der Waals surface area contributed by atoms with Crippen LogP contribution in [0.5, 0.6) is 0 Å². The van der Waals surface area contributed by atoms with Crippen LogP contribution >= 0.6 is 15.9 Å². The van der Waals surface area contributed by atoms with E-state index in [2.05, 4.69) is 52.0 Å². The van der Waals surface area contributed by atoms with E-state index >= 15 is 0 Å². The highest BCUT2D eigenvalue weighted by molar-refractivity contribution is 9.09. The summed E-state index contributed by atoms with van der Waals surface area (Å²) in [6, 6.07) is 8.49. The molecule has 0 atom stereocenters. The maximum atomic E-state index is 12.4. The molecule has 1 aliphatic heterocycles. The maximum absolute atomic E-state index is 12.4. The molecule has 1 fully saturated rings. The molecule has 0 N–H and O–H groups in total. The van der Waals surface area contributed by atoms with Crippen molar-refractivity contribution in [2.24, 2.45) is 0 Å². The molecule has 0 aliphatic carbocycles. The van der Waals surface area contributed by atoms with Crippen molar-refractivity contribution >= 4 is 21.8 Å². The lowest BCUT2D eigenvalue weighted by Gasteiger charge is -2.21. The third kappa shape index (κ3) is 5.44. The molecule has 0 aromatic heterocycles. The van der Waals surface area contributed by atoms with Crippen molar-refractivity contribution in [1.82, 2.24) is 9.80 Å². The molecule has 3 nitrogen and oxygen atoms in total. The summed E-state index contributed by atoms with van der Waals surface area (Å²) >= 11 is 3.49. The molecule has 0 bridgehead atoms. The Morgan fingerprint density at radius 2 is 1.90 bits per heavy atom. The third-order valence-electron chi connectivity index (χ3n) is 4.09. The molecule has 1 amide bonds. The predicted octanol–water partition coefficient (Wildman–Crippen LogP) is 2.86. The van der Waals surface area contributed by atoms with Gasteiger partial charge in [0.1, 0.15) is 0 Å². The third-order valence-corrected chi connectivity index (χ3v) is 4.44.